The molecular formula is C13H25N. The van der Waals surface area contributed by atoms with Gasteiger partial charge in [0.15, 0.2) is 0 Å². The summed E-state index contributed by atoms with van der Waals surface area (Å²) in [4.78, 5) is 0. The fourth-order valence-corrected chi connectivity index (χ4v) is 1.56. The predicted molar refractivity (Wildman–Crippen MR) is 65.4 cm³/mol. The molecule has 1 nitrogen and oxygen atoms in total. The number of nitrogens with one attached hydrogen (secondary N) is 1. The maximum Gasteiger partial charge on any atom is 0.0134 e. The second-order valence-corrected chi connectivity index (χ2v) is 3.97. The van der Waals surface area contributed by atoms with Crippen LogP contribution < -0.4 is 5.32 Å². The van der Waals surface area contributed by atoms with E-state index in [2.05, 4.69) is 50.9 Å². The van der Waals surface area contributed by atoms with Crippen molar-refractivity contribution >= 4 is 0 Å². The van der Waals surface area contributed by atoms with E-state index in [1.165, 1.54) is 12.8 Å². The van der Waals surface area contributed by atoms with Crippen LogP contribution in [-0.2, 0) is 0 Å². The summed E-state index contributed by atoms with van der Waals surface area (Å²) in [5.74, 6) is 1.43. The Bertz CT molecular complexity index is 161. The zero-order valence-electron chi connectivity index (χ0n) is 9.92. The molecule has 0 aliphatic rings. The highest BCUT2D eigenvalue weighted by Crippen LogP contribution is 2.15. The molecule has 1 heteroatoms. The Labute approximate surface area is 89.3 Å². The maximum atomic E-state index is 3.86. The van der Waals surface area contributed by atoms with Crippen molar-refractivity contribution in [2.75, 3.05) is 13.1 Å². The van der Waals surface area contributed by atoms with Gasteiger partial charge in [0.1, 0.15) is 0 Å². The van der Waals surface area contributed by atoms with Crippen molar-refractivity contribution in [3.05, 3.63) is 24.8 Å². The number of allylic oxidation sites excluding steroid dienone is 2. The van der Waals surface area contributed by atoms with Crippen molar-refractivity contribution in [1.29, 1.82) is 0 Å². The molecule has 0 radical (unpaired) electrons. The van der Waals surface area contributed by atoms with Gasteiger partial charge in [-0.25, -0.2) is 0 Å². The third-order valence-electron chi connectivity index (χ3n) is 2.55. The summed E-state index contributed by atoms with van der Waals surface area (Å²) >= 11 is 0. The standard InChI is InChI=1S/C13H25N/c1-5-8-9-14-11-12(4)10-13(6-2)7-3/h5-6,8,12-14H,2,7,9-11H2,1,3-4H3/b8-5+. The average molecular weight is 195 g/mol. The molecule has 82 valence electrons. The van der Waals surface area contributed by atoms with E-state index in [-0.39, 0.29) is 0 Å². The van der Waals surface area contributed by atoms with E-state index in [1.54, 1.807) is 0 Å². The number of hydrogen-bond donors (Lipinski definition) is 1. The Morgan fingerprint density at radius 1 is 1.43 bits per heavy atom. The van der Waals surface area contributed by atoms with Gasteiger partial charge in [0.25, 0.3) is 0 Å². The quantitative estimate of drug-likeness (QED) is 0.462. The maximum absolute atomic E-state index is 3.86. The first kappa shape index (κ1) is 13.4. The summed E-state index contributed by atoms with van der Waals surface area (Å²) < 4.78 is 0. The van der Waals surface area contributed by atoms with Crippen molar-refractivity contribution in [2.45, 2.75) is 33.6 Å². The Morgan fingerprint density at radius 2 is 2.14 bits per heavy atom. The molecule has 0 aliphatic heterocycles. The molecule has 2 atom stereocenters. The summed E-state index contributed by atoms with van der Waals surface area (Å²) in [5.41, 5.74) is 0. The van der Waals surface area contributed by atoms with Gasteiger partial charge in [0.2, 0.25) is 0 Å². The molecule has 0 aromatic carbocycles. The molecule has 0 amide bonds. The van der Waals surface area contributed by atoms with Gasteiger partial charge < -0.3 is 5.32 Å². The third kappa shape index (κ3) is 6.90. The van der Waals surface area contributed by atoms with Crippen molar-refractivity contribution in [3.63, 3.8) is 0 Å². The first-order valence-electron chi connectivity index (χ1n) is 5.69. The van der Waals surface area contributed by atoms with Crippen LogP contribution in [-0.4, -0.2) is 13.1 Å². The van der Waals surface area contributed by atoms with Crippen LogP contribution >= 0.6 is 0 Å². The highest BCUT2D eigenvalue weighted by atomic mass is 14.8. The zero-order valence-corrected chi connectivity index (χ0v) is 9.92. The SMILES string of the molecule is C=CC(CC)CC(C)CNC/C=C/C. The van der Waals surface area contributed by atoms with Crippen LogP contribution in [0.15, 0.2) is 24.8 Å². The van der Waals surface area contributed by atoms with Crippen LogP contribution in [0.25, 0.3) is 0 Å². The molecule has 0 heterocycles. The monoisotopic (exact) mass is 195 g/mol. The average Bonchev–Trinajstić information content (AvgIpc) is 2.21. The van der Waals surface area contributed by atoms with Gasteiger partial charge in [-0.3, -0.25) is 0 Å². The largest absolute Gasteiger partial charge is 0.313 e. The first-order chi connectivity index (χ1) is 6.74. The molecule has 2 unspecified atom stereocenters. The molecule has 0 aromatic rings. The van der Waals surface area contributed by atoms with E-state index in [1.807, 2.05) is 0 Å². The topological polar surface area (TPSA) is 12.0 Å². The van der Waals surface area contributed by atoms with Crippen LogP contribution in [0.1, 0.15) is 33.6 Å². The van der Waals surface area contributed by atoms with E-state index in [4.69, 9.17) is 0 Å². The molecule has 0 rings (SSSR count). The minimum Gasteiger partial charge on any atom is -0.313 e. The molecule has 0 saturated heterocycles. The molecular weight excluding hydrogens is 170 g/mol. The molecule has 0 spiro atoms. The second kappa shape index (κ2) is 9.01. The summed E-state index contributed by atoms with van der Waals surface area (Å²) in [6.07, 6.45) is 8.78. The zero-order chi connectivity index (χ0) is 10.8. The predicted octanol–water partition coefficient (Wildman–Crippen LogP) is 3.39. The molecule has 0 saturated carbocycles. The molecule has 14 heavy (non-hydrogen) atoms. The summed E-state index contributed by atoms with van der Waals surface area (Å²) in [5, 5.41) is 3.42. The van der Waals surface area contributed by atoms with Crippen LogP contribution in [0.3, 0.4) is 0 Å². The molecule has 0 bridgehead atoms. The van der Waals surface area contributed by atoms with Gasteiger partial charge in [0.05, 0.1) is 0 Å². The lowest BCUT2D eigenvalue weighted by molar-refractivity contribution is 0.420. The summed E-state index contributed by atoms with van der Waals surface area (Å²) in [6, 6.07) is 0. The van der Waals surface area contributed by atoms with E-state index in [0.29, 0.717) is 5.92 Å². The van der Waals surface area contributed by atoms with Crippen LogP contribution in [0, 0.1) is 11.8 Å². The van der Waals surface area contributed by atoms with Gasteiger partial charge in [-0.2, -0.15) is 0 Å². The Hall–Kier alpha value is -0.560. The van der Waals surface area contributed by atoms with E-state index in [9.17, 15) is 0 Å². The molecule has 0 fully saturated rings. The Kier molecular flexibility index (Phi) is 8.65. The normalized spacial score (nSPS) is 15.6. The number of rotatable bonds is 8. The van der Waals surface area contributed by atoms with Crippen LogP contribution in [0.2, 0.25) is 0 Å². The van der Waals surface area contributed by atoms with Crippen LogP contribution in [0.4, 0.5) is 0 Å². The lowest BCUT2D eigenvalue weighted by Crippen LogP contribution is -2.22. The second-order valence-electron chi connectivity index (χ2n) is 3.97. The first-order valence-corrected chi connectivity index (χ1v) is 5.69. The van der Waals surface area contributed by atoms with Gasteiger partial charge in [-0.15, -0.1) is 6.58 Å². The van der Waals surface area contributed by atoms with Gasteiger partial charge in [-0.1, -0.05) is 32.1 Å². The lowest BCUT2D eigenvalue weighted by atomic mass is 9.94. The van der Waals surface area contributed by atoms with E-state index < -0.39 is 0 Å². The smallest absolute Gasteiger partial charge is 0.0134 e. The van der Waals surface area contributed by atoms with Crippen molar-refractivity contribution in [3.8, 4) is 0 Å². The van der Waals surface area contributed by atoms with E-state index >= 15 is 0 Å². The Balaban J connectivity index is 3.52. The summed E-state index contributed by atoms with van der Waals surface area (Å²) in [6.45, 7) is 12.5. The van der Waals surface area contributed by atoms with Crippen molar-refractivity contribution in [1.82, 2.24) is 5.32 Å². The van der Waals surface area contributed by atoms with Gasteiger partial charge in [-0.05, 0) is 38.1 Å². The number of hydrogen-bond acceptors (Lipinski definition) is 1. The van der Waals surface area contributed by atoms with Crippen molar-refractivity contribution in [2.24, 2.45) is 11.8 Å². The molecule has 0 aliphatic carbocycles. The Morgan fingerprint density at radius 3 is 2.64 bits per heavy atom. The van der Waals surface area contributed by atoms with E-state index in [0.717, 1.165) is 19.0 Å². The highest BCUT2D eigenvalue weighted by Gasteiger charge is 2.07. The van der Waals surface area contributed by atoms with Crippen molar-refractivity contribution < 1.29 is 0 Å². The summed E-state index contributed by atoms with van der Waals surface area (Å²) in [7, 11) is 0. The lowest BCUT2D eigenvalue weighted by Gasteiger charge is -2.16. The molecule has 0 aromatic heterocycles. The minimum absolute atomic E-state index is 0.688. The van der Waals surface area contributed by atoms with Gasteiger partial charge >= 0.3 is 0 Å². The highest BCUT2D eigenvalue weighted by molar-refractivity contribution is 4.82. The fraction of sp³-hybridized carbons (Fsp3) is 0.692. The fourth-order valence-electron chi connectivity index (χ4n) is 1.56. The third-order valence-corrected chi connectivity index (χ3v) is 2.55. The van der Waals surface area contributed by atoms with Crippen LogP contribution in [0.5, 0.6) is 0 Å². The van der Waals surface area contributed by atoms with Gasteiger partial charge in [0, 0.05) is 6.54 Å². The minimum atomic E-state index is 0.688. The molecule has 1 N–H and O–H groups in total.